The van der Waals surface area contributed by atoms with E-state index in [9.17, 15) is 9.59 Å². The van der Waals surface area contributed by atoms with Gasteiger partial charge in [0.2, 0.25) is 0 Å². The highest BCUT2D eigenvalue weighted by molar-refractivity contribution is 5.80. The monoisotopic (exact) mass is 242 g/mol. The maximum Gasteiger partial charge on any atom is 0.310 e. The summed E-state index contributed by atoms with van der Waals surface area (Å²) in [6, 6.07) is 0. The number of allylic oxidation sites excluding steroid dienone is 1. The number of hydrogen-bond acceptors (Lipinski definition) is 4. The van der Waals surface area contributed by atoms with Crippen molar-refractivity contribution in [2.75, 3.05) is 13.2 Å². The molecule has 0 aliphatic carbocycles. The molecule has 1 unspecified atom stereocenters. The van der Waals surface area contributed by atoms with Crippen LogP contribution in [0.4, 0.5) is 0 Å². The van der Waals surface area contributed by atoms with E-state index in [0.717, 1.165) is 0 Å². The van der Waals surface area contributed by atoms with Gasteiger partial charge in [-0.05, 0) is 19.3 Å². The molecule has 0 saturated carbocycles. The normalized spacial score (nSPS) is 12.7. The van der Waals surface area contributed by atoms with Crippen LogP contribution in [-0.4, -0.2) is 25.2 Å². The summed E-state index contributed by atoms with van der Waals surface area (Å²) in [5.74, 6) is -1.33. The van der Waals surface area contributed by atoms with Crippen molar-refractivity contribution in [3.05, 3.63) is 12.7 Å². The van der Waals surface area contributed by atoms with Gasteiger partial charge in [0.1, 0.15) is 0 Å². The highest BCUT2D eigenvalue weighted by Crippen LogP contribution is 2.32. The summed E-state index contributed by atoms with van der Waals surface area (Å²) in [7, 11) is 0. The first-order valence-corrected chi connectivity index (χ1v) is 5.84. The van der Waals surface area contributed by atoms with Crippen molar-refractivity contribution in [3.63, 3.8) is 0 Å². The summed E-state index contributed by atoms with van der Waals surface area (Å²) in [6.45, 7) is 11.5. The van der Waals surface area contributed by atoms with E-state index in [-0.39, 0.29) is 18.4 Å². The molecular formula is C13H22O4. The molecule has 0 fully saturated rings. The fourth-order valence-corrected chi connectivity index (χ4v) is 1.42. The van der Waals surface area contributed by atoms with Crippen LogP contribution in [0.3, 0.4) is 0 Å². The van der Waals surface area contributed by atoms with Crippen LogP contribution >= 0.6 is 0 Å². The van der Waals surface area contributed by atoms with E-state index in [2.05, 4.69) is 6.58 Å². The second-order valence-electron chi connectivity index (χ2n) is 4.34. The van der Waals surface area contributed by atoms with Crippen molar-refractivity contribution in [3.8, 4) is 0 Å². The molecule has 0 aromatic carbocycles. The SMILES string of the molecule is C=CC(C)(C)C(CC(=O)OCC)C(=O)OCC. The summed E-state index contributed by atoms with van der Waals surface area (Å²) in [6.07, 6.45) is 1.68. The molecule has 0 radical (unpaired) electrons. The van der Waals surface area contributed by atoms with Crippen molar-refractivity contribution in [2.24, 2.45) is 11.3 Å². The first-order chi connectivity index (χ1) is 7.88. The largest absolute Gasteiger partial charge is 0.466 e. The minimum atomic E-state index is -0.556. The van der Waals surface area contributed by atoms with Crippen molar-refractivity contribution < 1.29 is 19.1 Å². The molecule has 0 rings (SSSR count). The molecule has 4 nitrogen and oxygen atoms in total. The third kappa shape index (κ3) is 5.02. The van der Waals surface area contributed by atoms with Crippen molar-refractivity contribution in [2.45, 2.75) is 34.1 Å². The van der Waals surface area contributed by atoms with Crippen molar-refractivity contribution in [1.29, 1.82) is 0 Å². The molecular weight excluding hydrogens is 220 g/mol. The molecule has 0 N–H and O–H groups in total. The van der Waals surface area contributed by atoms with Gasteiger partial charge in [0.15, 0.2) is 0 Å². The number of carbonyl (C=O) groups excluding carboxylic acids is 2. The van der Waals surface area contributed by atoms with Crippen molar-refractivity contribution >= 4 is 11.9 Å². The highest BCUT2D eigenvalue weighted by Gasteiger charge is 2.36. The van der Waals surface area contributed by atoms with Gasteiger partial charge in [-0.1, -0.05) is 19.9 Å². The number of ether oxygens (including phenoxy) is 2. The second kappa shape index (κ2) is 7.09. The molecule has 0 aromatic rings. The summed E-state index contributed by atoms with van der Waals surface area (Å²) in [4.78, 5) is 23.3. The molecule has 0 aliphatic heterocycles. The van der Waals surface area contributed by atoms with E-state index in [1.165, 1.54) is 0 Å². The predicted molar refractivity (Wildman–Crippen MR) is 65.4 cm³/mol. The summed E-state index contributed by atoms with van der Waals surface area (Å²) < 4.78 is 9.84. The standard InChI is InChI=1S/C13H22O4/c1-6-13(4,5)10(12(15)17-8-3)9-11(14)16-7-2/h6,10H,1,7-9H2,2-5H3. The zero-order valence-corrected chi connectivity index (χ0v) is 11.1. The molecule has 0 bridgehead atoms. The van der Waals surface area contributed by atoms with Gasteiger partial charge in [-0.15, -0.1) is 6.58 Å². The molecule has 98 valence electrons. The van der Waals surface area contributed by atoms with Crippen LogP contribution in [0.25, 0.3) is 0 Å². The Bertz CT molecular complexity index is 281. The van der Waals surface area contributed by atoms with E-state index in [4.69, 9.17) is 9.47 Å². The number of rotatable bonds is 7. The predicted octanol–water partition coefficient (Wildman–Crippen LogP) is 2.33. The van der Waals surface area contributed by atoms with Crippen LogP contribution in [-0.2, 0) is 19.1 Å². The Morgan fingerprint density at radius 1 is 1.24 bits per heavy atom. The molecule has 0 heterocycles. The molecule has 0 amide bonds. The Morgan fingerprint density at radius 3 is 2.18 bits per heavy atom. The summed E-state index contributed by atoms with van der Waals surface area (Å²) in [5, 5.41) is 0. The lowest BCUT2D eigenvalue weighted by atomic mass is 9.77. The van der Waals surface area contributed by atoms with E-state index < -0.39 is 11.3 Å². The average molecular weight is 242 g/mol. The number of carbonyl (C=O) groups is 2. The number of hydrogen-bond donors (Lipinski definition) is 0. The minimum absolute atomic E-state index is 0.0195. The van der Waals surface area contributed by atoms with Gasteiger partial charge < -0.3 is 9.47 Å². The zero-order chi connectivity index (χ0) is 13.5. The Labute approximate surface area is 103 Å². The van der Waals surface area contributed by atoms with Gasteiger partial charge in [-0.2, -0.15) is 0 Å². The first-order valence-electron chi connectivity index (χ1n) is 5.84. The summed E-state index contributed by atoms with van der Waals surface area (Å²) in [5.41, 5.74) is -0.501. The van der Waals surface area contributed by atoms with E-state index in [0.29, 0.717) is 13.2 Å². The van der Waals surface area contributed by atoms with Gasteiger partial charge >= 0.3 is 11.9 Å². The average Bonchev–Trinajstić information content (AvgIpc) is 2.26. The Balaban J connectivity index is 4.80. The van der Waals surface area contributed by atoms with Gasteiger partial charge in [0, 0.05) is 0 Å². The van der Waals surface area contributed by atoms with Gasteiger partial charge in [0.05, 0.1) is 25.6 Å². The van der Waals surface area contributed by atoms with Crippen LogP contribution in [0.1, 0.15) is 34.1 Å². The molecule has 0 aliphatic rings. The lowest BCUT2D eigenvalue weighted by Gasteiger charge is -2.28. The molecule has 1 atom stereocenters. The molecule has 4 heteroatoms. The quantitative estimate of drug-likeness (QED) is 0.508. The molecule has 0 saturated heterocycles. The topological polar surface area (TPSA) is 52.6 Å². The molecule has 0 aromatic heterocycles. The third-order valence-electron chi connectivity index (χ3n) is 2.67. The highest BCUT2D eigenvalue weighted by atomic mass is 16.5. The van der Waals surface area contributed by atoms with E-state index in [1.54, 1.807) is 19.9 Å². The second-order valence-corrected chi connectivity index (χ2v) is 4.34. The first kappa shape index (κ1) is 15.7. The van der Waals surface area contributed by atoms with Crippen LogP contribution < -0.4 is 0 Å². The maximum absolute atomic E-state index is 11.8. The smallest absolute Gasteiger partial charge is 0.310 e. The van der Waals surface area contributed by atoms with Gasteiger partial charge in [-0.3, -0.25) is 9.59 Å². The number of esters is 2. The van der Waals surface area contributed by atoms with Crippen molar-refractivity contribution in [1.82, 2.24) is 0 Å². The van der Waals surface area contributed by atoms with Gasteiger partial charge in [0.25, 0.3) is 0 Å². The maximum atomic E-state index is 11.8. The lowest BCUT2D eigenvalue weighted by Crippen LogP contribution is -2.33. The van der Waals surface area contributed by atoms with E-state index >= 15 is 0 Å². The van der Waals surface area contributed by atoms with Crippen LogP contribution in [0.5, 0.6) is 0 Å². The van der Waals surface area contributed by atoms with Crippen LogP contribution in [0.15, 0.2) is 12.7 Å². The van der Waals surface area contributed by atoms with Crippen LogP contribution in [0, 0.1) is 11.3 Å². The Hall–Kier alpha value is -1.32. The fraction of sp³-hybridized carbons (Fsp3) is 0.692. The third-order valence-corrected chi connectivity index (χ3v) is 2.67. The van der Waals surface area contributed by atoms with Crippen LogP contribution in [0.2, 0.25) is 0 Å². The lowest BCUT2D eigenvalue weighted by molar-refractivity contribution is -0.158. The summed E-state index contributed by atoms with van der Waals surface area (Å²) >= 11 is 0. The Morgan fingerprint density at radius 2 is 1.76 bits per heavy atom. The van der Waals surface area contributed by atoms with E-state index in [1.807, 2.05) is 13.8 Å². The Kier molecular flexibility index (Phi) is 6.54. The fourth-order valence-electron chi connectivity index (χ4n) is 1.42. The molecule has 0 spiro atoms. The van der Waals surface area contributed by atoms with Gasteiger partial charge in [-0.25, -0.2) is 0 Å². The molecule has 17 heavy (non-hydrogen) atoms. The zero-order valence-electron chi connectivity index (χ0n) is 11.1. The minimum Gasteiger partial charge on any atom is -0.466 e.